The molecule has 0 saturated carbocycles. The number of primary sulfonamides is 1. The number of hydrogen-bond acceptors (Lipinski definition) is 4. The molecule has 0 aliphatic heterocycles. The molecule has 1 rings (SSSR count). The van der Waals surface area contributed by atoms with E-state index in [-0.39, 0.29) is 16.6 Å². The van der Waals surface area contributed by atoms with Gasteiger partial charge in [-0.2, -0.15) is 0 Å². The van der Waals surface area contributed by atoms with Crippen LogP contribution in [0.1, 0.15) is 25.7 Å². The molecule has 114 valence electrons. The fourth-order valence-electron chi connectivity index (χ4n) is 1.71. The molecule has 0 radical (unpaired) electrons. The predicted octanol–water partition coefficient (Wildman–Crippen LogP) is 1.47. The lowest BCUT2D eigenvalue weighted by Gasteiger charge is -2.10. The van der Waals surface area contributed by atoms with Gasteiger partial charge in [0.1, 0.15) is 10.6 Å². The van der Waals surface area contributed by atoms with E-state index in [0.717, 1.165) is 6.42 Å². The lowest BCUT2D eigenvalue weighted by atomic mass is 10.2. The fraction of sp³-hybridized carbons (Fsp3) is 0.357. The molecule has 1 amide bonds. The highest BCUT2D eigenvalue weighted by Gasteiger charge is 2.16. The van der Waals surface area contributed by atoms with E-state index in [9.17, 15) is 13.2 Å². The maximum atomic E-state index is 11.7. The summed E-state index contributed by atoms with van der Waals surface area (Å²) in [7, 11) is -2.59. The number of anilines is 1. The molecular weight excluding hydrogens is 292 g/mol. The van der Waals surface area contributed by atoms with Gasteiger partial charge in [-0.15, -0.1) is 12.3 Å². The first-order valence-electron chi connectivity index (χ1n) is 6.32. The monoisotopic (exact) mass is 310 g/mol. The molecule has 0 atom stereocenters. The number of terminal acetylenes is 1. The van der Waals surface area contributed by atoms with Crippen molar-refractivity contribution in [3.05, 3.63) is 18.2 Å². The zero-order valence-corrected chi connectivity index (χ0v) is 12.6. The molecule has 0 fully saturated rings. The van der Waals surface area contributed by atoms with Crippen LogP contribution in [0.4, 0.5) is 5.69 Å². The number of amides is 1. The largest absolute Gasteiger partial charge is 0.495 e. The first kappa shape index (κ1) is 17.0. The van der Waals surface area contributed by atoms with E-state index in [1.165, 1.54) is 19.2 Å². The molecule has 3 N–H and O–H groups in total. The van der Waals surface area contributed by atoms with Crippen LogP contribution >= 0.6 is 0 Å². The molecule has 0 bridgehead atoms. The van der Waals surface area contributed by atoms with E-state index in [4.69, 9.17) is 16.3 Å². The summed E-state index contributed by atoms with van der Waals surface area (Å²) in [6.45, 7) is 0. The summed E-state index contributed by atoms with van der Waals surface area (Å²) < 4.78 is 27.9. The maximum absolute atomic E-state index is 11.7. The molecule has 21 heavy (non-hydrogen) atoms. The Morgan fingerprint density at radius 2 is 2.14 bits per heavy atom. The van der Waals surface area contributed by atoms with Gasteiger partial charge in [-0.05, 0) is 31.0 Å². The Bertz CT molecular complexity index is 647. The van der Waals surface area contributed by atoms with Crippen LogP contribution in [0.3, 0.4) is 0 Å². The van der Waals surface area contributed by atoms with Gasteiger partial charge in [0.25, 0.3) is 0 Å². The van der Waals surface area contributed by atoms with Crippen molar-refractivity contribution in [3.63, 3.8) is 0 Å². The van der Waals surface area contributed by atoms with Crippen LogP contribution in [0.15, 0.2) is 23.1 Å². The third-order valence-corrected chi connectivity index (χ3v) is 3.66. The molecule has 0 saturated heterocycles. The second-order valence-corrected chi connectivity index (χ2v) is 5.90. The van der Waals surface area contributed by atoms with E-state index < -0.39 is 10.0 Å². The summed E-state index contributed by atoms with van der Waals surface area (Å²) in [4.78, 5) is 11.5. The number of benzene rings is 1. The standard InChI is InChI=1S/C14H18N2O4S/c1-3-4-5-6-7-14(17)16-11-8-9-12(20-2)13(10-11)21(15,18)19/h1,8-10H,4-7H2,2H3,(H,16,17)(H2,15,18,19). The fourth-order valence-corrected chi connectivity index (χ4v) is 2.44. The van der Waals surface area contributed by atoms with Gasteiger partial charge in [0, 0.05) is 18.5 Å². The third-order valence-electron chi connectivity index (χ3n) is 2.73. The molecule has 0 unspecified atom stereocenters. The summed E-state index contributed by atoms with van der Waals surface area (Å²) in [5.41, 5.74) is 0.349. The van der Waals surface area contributed by atoms with Gasteiger partial charge in [-0.25, -0.2) is 13.6 Å². The molecular formula is C14H18N2O4S. The Hall–Kier alpha value is -2.04. The number of hydrogen-bond donors (Lipinski definition) is 2. The van der Waals surface area contributed by atoms with Gasteiger partial charge in [0.2, 0.25) is 15.9 Å². The quantitative estimate of drug-likeness (QED) is 0.588. The minimum atomic E-state index is -3.93. The number of unbranched alkanes of at least 4 members (excludes halogenated alkanes) is 2. The van der Waals surface area contributed by atoms with Crippen LogP contribution in [-0.2, 0) is 14.8 Å². The SMILES string of the molecule is C#CCCCCC(=O)Nc1ccc(OC)c(S(N)(=O)=O)c1. The summed E-state index contributed by atoms with van der Waals surface area (Å²) in [6, 6.07) is 4.26. The van der Waals surface area contributed by atoms with Crippen molar-refractivity contribution in [1.29, 1.82) is 0 Å². The van der Waals surface area contributed by atoms with Gasteiger partial charge in [0.05, 0.1) is 7.11 Å². The van der Waals surface area contributed by atoms with Gasteiger partial charge in [-0.3, -0.25) is 4.79 Å². The zero-order chi connectivity index (χ0) is 15.9. The van der Waals surface area contributed by atoms with Crippen molar-refractivity contribution in [2.45, 2.75) is 30.6 Å². The molecule has 1 aromatic carbocycles. The molecule has 6 nitrogen and oxygen atoms in total. The summed E-state index contributed by atoms with van der Waals surface area (Å²) in [5.74, 6) is 2.42. The van der Waals surface area contributed by atoms with Crippen LogP contribution in [-0.4, -0.2) is 21.4 Å². The molecule has 0 spiro atoms. The number of nitrogens with one attached hydrogen (secondary N) is 1. The van der Waals surface area contributed by atoms with E-state index in [1.807, 2.05) is 0 Å². The number of carbonyl (C=O) groups excluding carboxylic acids is 1. The van der Waals surface area contributed by atoms with Crippen molar-refractivity contribution < 1.29 is 17.9 Å². The van der Waals surface area contributed by atoms with Crippen LogP contribution in [0.5, 0.6) is 5.75 Å². The number of rotatable bonds is 7. The van der Waals surface area contributed by atoms with Crippen LogP contribution in [0.25, 0.3) is 0 Å². The highest BCUT2D eigenvalue weighted by Crippen LogP contribution is 2.26. The van der Waals surface area contributed by atoms with Crippen molar-refractivity contribution >= 4 is 21.6 Å². The van der Waals surface area contributed by atoms with E-state index in [0.29, 0.717) is 24.9 Å². The normalized spacial score (nSPS) is 10.7. The van der Waals surface area contributed by atoms with Gasteiger partial charge >= 0.3 is 0 Å². The number of carbonyl (C=O) groups is 1. The second-order valence-electron chi connectivity index (χ2n) is 4.37. The number of nitrogens with two attached hydrogens (primary N) is 1. The first-order chi connectivity index (χ1) is 9.88. The van der Waals surface area contributed by atoms with E-state index in [1.54, 1.807) is 6.07 Å². The molecule has 0 aliphatic rings. The lowest BCUT2D eigenvalue weighted by molar-refractivity contribution is -0.116. The summed E-state index contributed by atoms with van der Waals surface area (Å²) in [5, 5.41) is 7.72. The topological polar surface area (TPSA) is 98.5 Å². The predicted molar refractivity (Wildman–Crippen MR) is 80.3 cm³/mol. The van der Waals surface area contributed by atoms with Gasteiger partial charge < -0.3 is 10.1 Å². The molecule has 0 aromatic heterocycles. The molecule has 0 aliphatic carbocycles. The van der Waals surface area contributed by atoms with Crippen LogP contribution in [0.2, 0.25) is 0 Å². The van der Waals surface area contributed by atoms with Crippen molar-refractivity contribution in [2.24, 2.45) is 5.14 Å². The number of ether oxygens (including phenoxy) is 1. The molecule has 1 aromatic rings. The summed E-state index contributed by atoms with van der Waals surface area (Å²) in [6.07, 6.45) is 7.52. The second kappa shape index (κ2) is 7.67. The maximum Gasteiger partial charge on any atom is 0.241 e. The molecule has 7 heteroatoms. The third kappa shape index (κ3) is 5.45. The van der Waals surface area contributed by atoms with Crippen LogP contribution in [0, 0.1) is 12.3 Å². The molecule has 0 heterocycles. The average Bonchev–Trinajstić information content (AvgIpc) is 2.42. The highest BCUT2D eigenvalue weighted by atomic mass is 32.2. The zero-order valence-electron chi connectivity index (χ0n) is 11.8. The Balaban J connectivity index is 2.77. The number of sulfonamides is 1. The van der Waals surface area contributed by atoms with Gasteiger partial charge in [0.15, 0.2) is 0 Å². The summed E-state index contributed by atoms with van der Waals surface area (Å²) >= 11 is 0. The van der Waals surface area contributed by atoms with Crippen molar-refractivity contribution in [3.8, 4) is 18.1 Å². The average molecular weight is 310 g/mol. The van der Waals surface area contributed by atoms with Crippen molar-refractivity contribution in [1.82, 2.24) is 0 Å². The number of methoxy groups -OCH3 is 1. The Morgan fingerprint density at radius 1 is 1.43 bits per heavy atom. The smallest absolute Gasteiger partial charge is 0.241 e. The lowest BCUT2D eigenvalue weighted by Crippen LogP contribution is -2.15. The Morgan fingerprint density at radius 3 is 2.71 bits per heavy atom. The van der Waals surface area contributed by atoms with Crippen LogP contribution < -0.4 is 15.2 Å². The van der Waals surface area contributed by atoms with Gasteiger partial charge in [-0.1, -0.05) is 0 Å². The van der Waals surface area contributed by atoms with Crippen molar-refractivity contribution in [2.75, 3.05) is 12.4 Å². The van der Waals surface area contributed by atoms with E-state index in [2.05, 4.69) is 11.2 Å². The van der Waals surface area contributed by atoms with E-state index >= 15 is 0 Å². The first-order valence-corrected chi connectivity index (χ1v) is 7.87. The Kier molecular flexibility index (Phi) is 6.21. The minimum absolute atomic E-state index is 0.129. The Labute approximate surface area is 124 Å². The minimum Gasteiger partial charge on any atom is -0.495 e. The highest BCUT2D eigenvalue weighted by molar-refractivity contribution is 7.89.